The number of rotatable bonds is 5. The molecule has 2 aromatic heterocycles. The summed E-state index contributed by atoms with van der Waals surface area (Å²) in [6, 6.07) is 6.26. The normalized spacial score (nSPS) is 10.9. The maximum atomic E-state index is 13.2. The van der Waals surface area contributed by atoms with E-state index in [1.54, 1.807) is 26.8 Å². The monoisotopic (exact) mass is 461 g/mol. The van der Waals surface area contributed by atoms with E-state index in [0.29, 0.717) is 11.2 Å². The number of Topliss-reactive ketones (excluding diaryl/α,β-unsaturated/α-hetero) is 1. The molecule has 3 rings (SSSR count). The minimum absolute atomic E-state index is 0.00242. The quantitative estimate of drug-likeness (QED) is 0.441. The first kappa shape index (κ1) is 25.5. The topological polar surface area (TPSA) is 129 Å². The van der Waals surface area contributed by atoms with Gasteiger partial charge in [-0.05, 0) is 44.5 Å². The zero-order valence-corrected chi connectivity index (χ0v) is 18.7. The van der Waals surface area contributed by atoms with E-state index < -0.39 is 23.1 Å². The molecule has 176 valence electrons. The molecule has 0 aliphatic rings. The van der Waals surface area contributed by atoms with Gasteiger partial charge in [0.2, 0.25) is 0 Å². The summed E-state index contributed by atoms with van der Waals surface area (Å²) in [7, 11) is 0. The SMILES string of the molecule is CC(=O)c1cc(C(=O)NCc2ccc(F)c(F)c2)nc2ccnn12.CC(C)(C)OC(=O)CN. The molecule has 11 heteroatoms. The molecule has 1 amide bonds. The Bertz CT molecular complexity index is 1170. The van der Waals surface area contributed by atoms with Crippen molar-refractivity contribution >= 4 is 23.3 Å². The van der Waals surface area contributed by atoms with Crippen LogP contribution < -0.4 is 11.1 Å². The number of esters is 1. The van der Waals surface area contributed by atoms with Crippen molar-refractivity contribution in [1.29, 1.82) is 0 Å². The van der Waals surface area contributed by atoms with Gasteiger partial charge in [0.1, 0.15) is 17.0 Å². The van der Waals surface area contributed by atoms with Gasteiger partial charge < -0.3 is 15.8 Å². The van der Waals surface area contributed by atoms with Gasteiger partial charge in [0.25, 0.3) is 5.91 Å². The fourth-order valence-electron chi connectivity index (χ4n) is 2.59. The smallest absolute Gasteiger partial charge is 0.320 e. The van der Waals surface area contributed by atoms with Gasteiger partial charge >= 0.3 is 5.97 Å². The molecular formula is C22H25F2N5O4. The van der Waals surface area contributed by atoms with E-state index in [0.717, 1.165) is 12.1 Å². The zero-order valence-electron chi connectivity index (χ0n) is 18.7. The number of carbonyl (C=O) groups excluding carboxylic acids is 3. The molecule has 9 nitrogen and oxygen atoms in total. The molecular weight excluding hydrogens is 436 g/mol. The number of amides is 1. The van der Waals surface area contributed by atoms with Crippen LogP contribution in [0.2, 0.25) is 0 Å². The van der Waals surface area contributed by atoms with E-state index in [1.807, 2.05) is 0 Å². The lowest BCUT2D eigenvalue weighted by Gasteiger charge is -2.18. The molecule has 0 fully saturated rings. The van der Waals surface area contributed by atoms with E-state index in [-0.39, 0.29) is 36.2 Å². The molecule has 0 aliphatic carbocycles. The third-order valence-electron chi connectivity index (χ3n) is 3.98. The average molecular weight is 461 g/mol. The highest BCUT2D eigenvalue weighted by atomic mass is 19.2. The lowest BCUT2D eigenvalue weighted by molar-refractivity contribution is -0.152. The molecule has 0 aliphatic heterocycles. The van der Waals surface area contributed by atoms with Gasteiger partial charge in [-0.25, -0.2) is 18.3 Å². The fraction of sp³-hybridized carbons (Fsp3) is 0.318. The van der Waals surface area contributed by atoms with Crippen molar-refractivity contribution in [2.24, 2.45) is 5.73 Å². The number of fused-ring (bicyclic) bond motifs is 1. The molecule has 0 atom stereocenters. The van der Waals surface area contributed by atoms with E-state index in [1.165, 1.54) is 29.8 Å². The van der Waals surface area contributed by atoms with Gasteiger partial charge in [0.15, 0.2) is 23.1 Å². The number of halogens is 2. The molecule has 0 unspecified atom stereocenters. The van der Waals surface area contributed by atoms with Crippen LogP contribution in [0.3, 0.4) is 0 Å². The van der Waals surface area contributed by atoms with Crippen LogP contribution in [0.4, 0.5) is 8.78 Å². The Morgan fingerprint density at radius 2 is 1.82 bits per heavy atom. The number of ketones is 1. The van der Waals surface area contributed by atoms with Gasteiger partial charge in [-0.15, -0.1) is 0 Å². The van der Waals surface area contributed by atoms with Crippen LogP contribution in [0.25, 0.3) is 5.65 Å². The van der Waals surface area contributed by atoms with Crippen molar-refractivity contribution < 1.29 is 27.9 Å². The molecule has 3 aromatic rings. The first-order chi connectivity index (χ1) is 15.4. The summed E-state index contributed by atoms with van der Waals surface area (Å²) in [4.78, 5) is 38.5. The molecule has 0 saturated carbocycles. The lowest BCUT2D eigenvalue weighted by Crippen LogP contribution is -2.28. The fourth-order valence-corrected chi connectivity index (χ4v) is 2.59. The third-order valence-corrected chi connectivity index (χ3v) is 3.98. The molecule has 33 heavy (non-hydrogen) atoms. The predicted octanol–water partition coefficient (Wildman–Crippen LogP) is 2.43. The minimum atomic E-state index is -0.987. The number of aromatic nitrogens is 3. The molecule has 0 bridgehead atoms. The Morgan fingerprint density at radius 1 is 1.12 bits per heavy atom. The first-order valence-electron chi connectivity index (χ1n) is 9.91. The number of hydrogen-bond acceptors (Lipinski definition) is 7. The van der Waals surface area contributed by atoms with Crippen molar-refractivity contribution in [3.8, 4) is 0 Å². The number of nitrogens with zero attached hydrogens (tertiary/aromatic N) is 3. The van der Waals surface area contributed by atoms with E-state index in [2.05, 4.69) is 15.4 Å². The van der Waals surface area contributed by atoms with Gasteiger partial charge in [0, 0.05) is 19.5 Å². The molecule has 0 saturated heterocycles. The molecule has 0 radical (unpaired) electrons. The summed E-state index contributed by atoms with van der Waals surface area (Å²) >= 11 is 0. The summed E-state index contributed by atoms with van der Waals surface area (Å²) in [5.74, 6) is -3.10. The number of ether oxygens (including phenoxy) is 1. The van der Waals surface area contributed by atoms with Crippen LogP contribution in [-0.2, 0) is 16.1 Å². The summed E-state index contributed by atoms with van der Waals surface area (Å²) in [5, 5.41) is 6.53. The summed E-state index contributed by atoms with van der Waals surface area (Å²) in [5.41, 5.74) is 5.63. The highest BCUT2D eigenvalue weighted by Crippen LogP contribution is 2.11. The molecule has 3 N–H and O–H groups in total. The van der Waals surface area contributed by atoms with Crippen LogP contribution in [0.15, 0.2) is 36.5 Å². The third kappa shape index (κ3) is 7.42. The number of carbonyl (C=O) groups is 3. The number of nitrogens with two attached hydrogens (primary N) is 1. The Labute approximate surface area is 188 Å². The van der Waals surface area contributed by atoms with Gasteiger partial charge in [-0.3, -0.25) is 14.4 Å². The van der Waals surface area contributed by atoms with Crippen LogP contribution in [-0.4, -0.2) is 44.4 Å². The first-order valence-corrected chi connectivity index (χ1v) is 9.91. The largest absolute Gasteiger partial charge is 0.459 e. The van der Waals surface area contributed by atoms with E-state index in [9.17, 15) is 23.2 Å². The molecule has 2 heterocycles. The summed E-state index contributed by atoms with van der Waals surface area (Å²) in [6.45, 7) is 6.73. The maximum absolute atomic E-state index is 13.2. The second-order valence-corrected chi connectivity index (χ2v) is 7.91. The van der Waals surface area contributed by atoms with Crippen molar-refractivity contribution in [2.45, 2.75) is 39.8 Å². The highest BCUT2D eigenvalue weighted by Gasteiger charge is 2.15. The Hall–Kier alpha value is -3.73. The van der Waals surface area contributed by atoms with Crippen LogP contribution >= 0.6 is 0 Å². The number of nitrogens with one attached hydrogen (secondary N) is 1. The van der Waals surface area contributed by atoms with Crippen molar-refractivity contribution in [3.05, 3.63) is 65.1 Å². The predicted molar refractivity (Wildman–Crippen MR) is 115 cm³/mol. The second-order valence-electron chi connectivity index (χ2n) is 7.91. The Morgan fingerprint density at radius 3 is 2.36 bits per heavy atom. The van der Waals surface area contributed by atoms with Gasteiger partial charge in [0.05, 0.1) is 12.7 Å². The zero-order chi connectivity index (χ0) is 24.8. The van der Waals surface area contributed by atoms with Crippen molar-refractivity contribution in [1.82, 2.24) is 19.9 Å². The van der Waals surface area contributed by atoms with Crippen molar-refractivity contribution in [3.63, 3.8) is 0 Å². The van der Waals surface area contributed by atoms with Gasteiger partial charge in [-0.1, -0.05) is 6.07 Å². The van der Waals surface area contributed by atoms with Crippen LogP contribution in [0, 0.1) is 11.6 Å². The maximum Gasteiger partial charge on any atom is 0.320 e. The second kappa shape index (κ2) is 10.7. The van der Waals surface area contributed by atoms with E-state index in [4.69, 9.17) is 10.5 Å². The Balaban J connectivity index is 0.000000365. The number of hydrogen-bond donors (Lipinski definition) is 2. The summed E-state index contributed by atoms with van der Waals surface area (Å²) in [6.07, 6.45) is 1.47. The van der Waals surface area contributed by atoms with Crippen LogP contribution in [0.5, 0.6) is 0 Å². The summed E-state index contributed by atoms with van der Waals surface area (Å²) < 4.78 is 32.2. The van der Waals surface area contributed by atoms with E-state index >= 15 is 0 Å². The number of benzene rings is 1. The molecule has 1 aromatic carbocycles. The molecule has 0 spiro atoms. The lowest BCUT2D eigenvalue weighted by atomic mass is 10.2. The Kier molecular flexibility index (Phi) is 8.30. The highest BCUT2D eigenvalue weighted by molar-refractivity contribution is 5.98. The standard InChI is InChI=1S/C16H12F2N4O2.C6H13NO2/c1-9(23)14-7-13(21-15-4-5-20-22(14)15)16(24)19-8-10-2-3-11(17)12(18)6-10;1-6(2,3)9-5(8)4-7/h2-7H,8H2,1H3,(H,19,24);4,7H2,1-3H3. The van der Waals surface area contributed by atoms with Gasteiger partial charge in [-0.2, -0.15) is 5.10 Å². The van der Waals surface area contributed by atoms with Crippen molar-refractivity contribution in [2.75, 3.05) is 6.54 Å². The minimum Gasteiger partial charge on any atom is -0.459 e. The average Bonchev–Trinajstić information content (AvgIpc) is 3.21. The van der Waals surface area contributed by atoms with Crippen LogP contribution in [0.1, 0.15) is 54.2 Å².